The summed E-state index contributed by atoms with van der Waals surface area (Å²) >= 11 is 0. The van der Waals surface area contributed by atoms with E-state index in [2.05, 4.69) is 16.5 Å². The van der Waals surface area contributed by atoms with Gasteiger partial charge in [-0.1, -0.05) is 36.4 Å². The molecule has 1 amide bonds. The summed E-state index contributed by atoms with van der Waals surface area (Å²) in [6, 6.07) is 18.0. The molecule has 2 aromatic carbocycles. The summed E-state index contributed by atoms with van der Waals surface area (Å²) in [6.45, 7) is 1.69. The number of hydrogen-bond acceptors (Lipinski definition) is 3. The molecule has 0 saturated carbocycles. The highest BCUT2D eigenvalue weighted by Crippen LogP contribution is 2.25. The van der Waals surface area contributed by atoms with E-state index in [0.717, 1.165) is 30.5 Å². The second-order valence-electron chi connectivity index (χ2n) is 6.87. The van der Waals surface area contributed by atoms with E-state index in [4.69, 9.17) is 0 Å². The Morgan fingerprint density at radius 1 is 1.04 bits per heavy atom. The van der Waals surface area contributed by atoms with Crippen LogP contribution in [0.15, 0.2) is 65.5 Å². The number of benzene rings is 2. The molecule has 0 saturated heterocycles. The van der Waals surface area contributed by atoms with Crippen LogP contribution in [0.2, 0.25) is 0 Å². The number of rotatable bonds is 4. The van der Waals surface area contributed by atoms with Crippen molar-refractivity contribution in [3.05, 3.63) is 82.1 Å². The number of nitrogens with one attached hydrogen (secondary N) is 1. The van der Waals surface area contributed by atoms with Crippen LogP contribution in [-0.4, -0.2) is 15.7 Å². The fourth-order valence-corrected chi connectivity index (χ4v) is 3.47. The minimum absolute atomic E-state index is 0.257. The van der Waals surface area contributed by atoms with Crippen LogP contribution in [0.25, 0.3) is 11.3 Å². The molecule has 1 aliphatic rings. The molecule has 0 radical (unpaired) electrons. The molecule has 1 aliphatic carbocycles. The van der Waals surface area contributed by atoms with Crippen molar-refractivity contribution >= 4 is 11.6 Å². The van der Waals surface area contributed by atoms with Gasteiger partial charge in [0, 0.05) is 17.3 Å². The summed E-state index contributed by atoms with van der Waals surface area (Å²) in [4.78, 5) is 25.0. The Labute approximate surface area is 157 Å². The molecule has 1 unspecified atom stereocenters. The monoisotopic (exact) mass is 359 g/mol. The molecule has 3 aromatic rings. The average Bonchev–Trinajstić information content (AvgIpc) is 3.16. The topological polar surface area (TPSA) is 64.0 Å². The zero-order chi connectivity index (χ0) is 18.8. The zero-order valence-electron chi connectivity index (χ0n) is 15.2. The van der Waals surface area contributed by atoms with Gasteiger partial charge in [0.1, 0.15) is 6.04 Å². The number of nitrogens with zero attached hydrogens (tertiary/aromatic N) is 2. The lowest BCUT2D eigenvalue weighted by atomic mass is 10.1. The lowest BCUT2D eigenvalue weighted by Gasteiger charge is -2.15. The summed E-state index contributed by atoms with van der Waals surface area (Å²) < 4.78 is 1.24. The van der Waals surface area contributed by atoms with Gasteiger partial charge < -0.3 is 5.32 Å². The van der Waals surface area contributed by atoms with Crippen LogP contribution in [0.4, 0.5) is 5.69 Å². The number of anilines is 1. The Morgan fingerprint density at radius 2 is 1.81 bits per heavy atom. The Bertz CT molecular complexity index is 1040. The van der Waals surface area contributed by atoms with Crippen LogP contribution in [-0.2, 0) is 17.6 Å². The van der Waals surface area contributed by atoms with Crippen molar-refractivity contribution in [2.75, 3.05) is 5.32 Å². The molecule has 5 heteroatoms. The third-order valence-electron chi connectivity index (χ3n) is 5.01. The number of hydrogen-bond donors (Lipinski definition) is 1. The smallest absolute Gasteiger partial charge is 0.267 e. The van der Waals surface area contributed by atoms with E-state index in [0.29, 0.717) is 5.69 Å². The molecule has 27 heavy (non-hydrogen) atoms. The maximum Gasteiger partial charge on any atom is 0.267 e. The first-order valence-corrected chi connectivity index (χ1v) is 9.20. The van der Waals surface area contributed by atoms with Crippen molar-refractivity contribution in [3.63, 3.8) is 0 Å². The lowest BCUT2D eigenvalue weighted by molar-refractivity contribution is -0.119. The van der Waals surface area contributed by atoms with E-state index in [1.807, 2.05) is 42.5 Å². The highest BCUT2D eigenvalue weighted by atomic mass is 16.2. The van der Waals surface area contributed by atoms with Crippen LogP contribution >= 0.6 is 0 Å². The van der Waals surface area contributed by atoms with Crippen LogP contribution in [0.1, 0.15) is 30.5 Å². The second-order valence-corrected chi connectivity index (χ2v) is 6.87. The summed E-state index contributed by atoms with van der Waals surface area (Å²) in [5, 5.41) is 7.32. The van der Waals surface area contributed by atoms with E-state index in [1.165, 1.54) is 21.9 Å². The minimum Gasteiger partial charge on any atom is -0.324 e. The number of carbonyl (C=O) groups excluding carboxylic acids is 1. The molecule has 1 N–H and O–H groups in total. The van der Waals surface area contributed by atoms with E-state index >= 15 is 0 Å². The fourth-order valence-electron chi connectivity index (χ4n) is 3.47. The van der Waals surface area contributed by atoms with Crippen molar-refractivity contribution in [1.29, 1.82) is 0 Å². The predicted octanol–water partition coefficient (Wildman–Crippen LogP) is 3.60. The standard InChI is InChI=1S/C22H21N3O2/c1-15(22(27)23-19-11-10-16-8-5-9-18(16)14-19)25-21(26)13-12-20(24-25)17-6-3-2-4-7-17/h2-4,6-7,10-15H,5,8-9H2,1H3,(H,23,27). The molecule has 4 rings (SSSR count). The summed E-state index contributed by atoms with van der Waals surface area (Å²) in [5.74, 6) is -0.257. The van der Waals surface area contributed by atoms with Gasteiger partial charge in [-0.2, -0.15) is 5.10 Å². The maximum absolute atomic E-state index is 12.7. The number of carbonyl (C=O) groups is 1. The van der Waals surface area contributed by atoms with E-state index in [-0.39, 0.29) is 11.5 Å². The van der Waals surface area contributed by atoms with Crippen LogP contribution in [0.3, 0.4) is 0 Å². The van der Waals surface area contributed by atoms with Gasteiger partial charge in [0.2, 0.25) is 5.91 Å². The molecular weight excluding hydrogens is 338 g/mol. The molecule has 1 heterocycles. The molecule has 0 aliphatic heterocycles. The molecule has 1 atom stereocenters. The third kappa shape index (κ3) is 3.53. The highest BCUT2D eigenvalue weighted by molar-refractivity contribution is 5.93. The lowest BCUT2D eigenvalue weighted by Crippen LogP contribution is -2.33. The minimum atomic E-state index is -0.714. The van der Waals surface area contributed by atoms with Crippen molar-refractivity contribution in [3.8, 4) is 11.3 Å². The molecule has 0 spiro atoms. The Hall–Kier alpha value is -3.21. The van der Waals surface area contributed by atoms with Gasteiger partial charge in [-0.25, -0.2) is 4.68 Å². The molecule has 0 fully saturated rings. The Morgan fingerprint density at radius 3 is 2.63 bits per heavy atom. The molecule has 136 valence electrons. The van der Waals surface area contributed by atoms with Crippen molar-refractivity contribution in [2.24, 2.45) is 0 Å². The first-order chi connectivity index (χ1) is 13.1. The normalized spacial score (nSPS) is 13.8. The summed E-state index contributed by atoms with van der Waals surface area (Å²) in [6.07, 6.45) is 3.31. The number of aromatic nitrogens is 2. The second kappa shape index (κ2) is 7.19. The number of aryl methyl sites for hydroxylation is 2. The largest absolute Gasteiger partial charge is 0.324 e. The first-order valence-electron chi connectivity index (χ1n) is 9.20. The van der Waals surface area contributed by atoms with Crippen molar-refractivity contribution in [2.45, 2.75) is 32.2 Å². The average molecular weight is 359 g/mol. The van der Waals surface area contributed by atoms with Gasteiger partial charge in [0.25, 0.3) is 5.56 Å². The first kappa shape index (κ1) is 17.2. The summed E-state index contributed by atoms with van der Waals surface area (Å²) in [5.41, 5.74) is 4.67. The van der Waals surface area contributed by atoms with Crippen LogP contribution < -0.4 is 10.9 Å². The number of fused-ring (bicyclic) bond motifs is 1. The van der Waals surface area contributed by atoms with Gasteiger partial charge in [-0.05, 0) is 55.5 Å². The van der Waals surface area contributed by atoms with E-state index in [9.17, 15) is 9.59 Å². The quantitative estimate of drug-likeness (QED) is 0.774. The van der Waals surface area contributed by atoms with Gasteiger partial charge >= 0.3 is 0 Å². The Balaban J connectivity index is 1.57. The molecule has 1 aromatic heterocycles. The van der Waals surface area contributed by atoms with Gasteiger partial charge in [0.05, 0.1) is 5.69 Å². The molecular formula is C22H21N3O2. The Kier molecular flexibility index (Phi) is 4.59. The van der Waals surface area contributed by atoms with Crippen LogP contribution in [0, 0.1) is 0 Å². The fraction of sp³-hybridized carbons (Fsp3) is 0.227. The highest BCUT2D eigenvalue weighted by Gasteiger charge is 2.19. The van der Waals surface area contributed by atoms with E-state index in [1.54, 1.807) is 13.0 Å². The third-order valence-corrected chi connectivity index (χ3v) is 5.01. The van der Waals surface area contributed by atoms with Gasteiger partial charge in [-0.15, -0.1) is 0 Å². The predicted molar refractivity (Wildman–Crippen MR) is 106 cm³/mol. The van der Waals surface area contributed by atoms with Gasteiger partial charge in [-0.3, -0.25) is 9.59 Å². The van der Waals surface area contributed by atoms with Crippen molar-refractivity contribution in [1.82, 2.24) is 9.78 Å². The SMILES string of the molecule is CC(C(=O)Nc1ccc2c(c1)CCC2)n1nc(-c2ccccc2)ccc1=O. The summed E-state index contributed by atoms with van der Waals surface area (Å²) in [7, 11) is 0. The molecule has 0 bridgehead atoms. The number of amides is 1. The van der Waals surface area contributed by atoms with Crippen molar-refractivity contribution < 1.29 is 4.79 Å². The molecule has 5 nitrogen and oxygen atoms in total. The zero-order valence-corrected chi connectivity index (χ0v) is 15.2. The van der Waals surface area contributed by atoms with Gasteiger partial charge in [0.15, 0.2) is 0 Å². The van der Waals surface area contributed by atoms with Crippen LogP contribution in [0.5, 0.6) is 0 Å². The maximum atomic E-state index is 12.7. The van der Waals surface area contributed by atoms with E-state index < -0.39 is 6.04 Å².